The number of fused-ring (bicyclic) bond motifs is 1. The summed E-state index contributed by atoms with van der Waals surface area (Å²) in [6.45, 7) is 6.98. The van der Waals surface area contributed by atoms with Gasteiger partial charge in [-0.3, -0.25) is 14.7 Å². The number of ether oxygens (including phenoxy) is 1. The molecule has 0 aromatic carbocycles. The van der Waals surface area contributed by atoms with E-state index in [1.54, 1.807) is 24.7 Å². The van der Waals surface area contributed by atoms with Crippen molar-refractivity contribution in [1.29, 1.82) is 0 Å². The molecule has 2 aliphatic heterocycles. The first kappa shape index (κ1) is 17.6. The summed E-state index contributed by atoms with van der Waals surface area (Å²) >= 11 is 0. The molecule has 1 amide bonds. The van der Waals surface area contributed by atoms with Crippen LogP contribution in [0, 0.1) is 5.92 Å². The molecular weight excluding hydrogens is 326 g/mol. The third-order valence-electron chi connectivity index (χ3n) is 4.43. The second kappa shape index (κ2) is 6.58. The summed E-state index contributed by atoms with van der Waals surface area (Å²) in [7, 11) is 0. The Morgan fingerprint density at radius 3 is 2.88 bits per heavy atom. The van der Waals surface area contributed by atoms with Crippen LogP contribution in [-0.2, 0) is 9.53 Å². The van der Waals surface area contributed by atoms with Gasteiger partial charge < -0.3 is 20.3 Å². The maximum atomic E-state index is 11.9. The molecule has 0 bridgehead atoms. The number of hydrogen-bond donors (Lipinski definition) is 4. The molecule has 0 saturated carbocycles. The average molecular weight is 349 g/mol. The van der Waals surface area contributed by atoms with Crippen molar-refractivity contribution in [2.24, 2.45) is 10.9 Å². The molecule has 1 fully saturated rings. The summed E-state index contributed by atoms with van der Waals surface area (Å²) in [5.41, 5.74) is 0.137. The highest BCUT2D eigenvalue weighted by molar-refractivity contribution is 6.04. The fourth-order valence-electron chi connectivity index (χ4n) is 2.82. The molecule has 1 aromatic heterocycles. The van der Waals surface area contributed by atoms with Gasteiger partial charge in [0.1, 0.15) is 17.5 Å². The molecule has 1 atom stereocenters. The highest BCUT2D eigenvalue weighted by Crippen LogP contribution is 2.39. The van der Waals surface area contributed by atoms with Crippen LogP contribution in [0.4, 0.5) is 5.82 Å². The Labute approximate surface area is 145 Å². The Morgan fingerprint density at radius 2 is 2.28 bits per heavy atom. The van der Waals surface area contributed by atoms with E-state index in [1.165, 1.54) is 0 Å². The molecule has 9 heteroatoms. The number of rotatable bonds is 4. The molecule has 0 spiro atoms. The van der Waals surface area contributed by atoms with Crippen molar-refractivity contribution in [2.45, 2.75) is 38.5 Å². The van der Waals surface area contributed by atoms with Crippen molar-refractivity contribution < 1.29 is 19.7 Å². The Bertz CT molecular complexity index is 720. The molecule has 3 rings (SSSR count). The molecule has 9 nitrogen and oxygen atoms in total. The summed E-state index contributed by atoms with van der Waals surface area (Å²) in [4.78, 5) is 20.6. The smallest absolute Gasteiger partial charge is 0.229 e. The van der Waals surface area contributed by atoms with Gasteiger partial charge in [0, 0.05) is 5.92 Å². The molecule has 1 saturated heterocycles. The van der Waals surface area contributed by atoms with Crippen molar-refractivity contribution in [3.05, 3.63) is 18.6 Å². The monoisotopic (exact) mass is 349 g/mol. The van der Waals surface area contributed by atoms with Crippen LogP contribution in [0.15, 0.2) is 17.9 Å². The number of aliphatic hydroxyl groups excluding tert-OH is 2. The molecule has 0 unspecified atom stereocenters. The Hall–Kier alpha value is -2.23. The highest BCUT2D eigenvalue weighted by atomic mass is 16.5. The Balaban J connectivity index is 1.88. The number of aromatic nitrogens is 2. The lowest BCUT2D eigenvalue weighted by Gasteiger charge is -2.25. The van der Waals surface area contributed by atoms with E-state index in [4.69, 9.17) is 4.74 Å². The van der Waals surface area contributed by atoms with Crippen LogP contribution < -0.4 is 10.6 Å². The molecule has 0 radical (unpaired) electrons. The number of carbonyl (C=O) groups is 1. The van der Waals surface area contributed by atoms with Crippen molar-refractivity contribution in [1.82, 2.24) is 20.2 Å². The van der Waals surface area contributed by atoms with Gasteiger partial charge in [-0.05, 0) is 12.8 Å². The van der Waals surface area contributed by atoms with Crippen LogP contribution in [0.3, 0.4) is 0 Å². The molecule has 4 N–H and O–H groups in total. The topological polar surface area (TPSA) is 121 Å². The zero-order chi connectivity index (χ0) is 18.2. The van der Waals surface area contributed by atoms with Gasteiger partial charge in [0.15, 0.2) is 5.82 Å². The SMILES string of the molecule is C=C1NC(NC(=O)C(C)C)=Nc2c1ncn2[C@H]1CCC(CO)(CO)O1. The minimum Gasteiger partial charge on any atom is -0.393 e. The summed E-state index contributed by atoms with van der Waals surface area (Å²) in [6, 6.07) is 0. The van der Waals surface area contributed by atoms with E-state index < -0.39 is 11.8 Å². The van der Waals surface area contributed by atoms with Gasteiger partial charge in [-0.1, -0.05) is 20.4 Å². The van der Waals surface area contributed by atoms with E-state index in [-0.39, 0.29) is 31.0 Å². The summed E-state index contributed by atoms with van der Waals surface area (Å²) in [5.74, 6) is 0.452. The van der Waals surface area contributed by atoms with Crippen LogP contribution in [-0.4, -0.2) is 50.4 Å². The number of aliphatic imine (C=N–C) groups is 1. The zero-order valence-corrected chi connectivity index (χ0v) is 14.3. The summed E-state index contributed by atoms with van der Waals surface area (Å²) < 4.78 is 7.60. The van der Waals surface area contributed by atoms with Crippen LogP contribution in [0.25, 0.3) is 5.70 Å². The van der Waals surface area contributed by atoms with Crippen molar-refractivity contribution >= 4 is 23.4 Å². The lowest BCUT2D eigenvalue weighted by Crippen LogP contribution is -2.43. The first-order chi connectivity index (χ1) is 11.9. The minimum atomic E-state index is -0.954. The number of nitrogens with zero attached hydrogens (tertiary/aromatic N) is 3. The quantitative estimate of drug-likeness (QED) is 0.618. The van der Waals surface area contributed by atoms with Crippen molar-refractivity contribution in [3.63, 3.8) is 0 Å². The lowest BCUT2D eigenvalue weighted by molar-refractivity contribution is -0.122. The van der Waals surface area contributed by atoms with E-state index in [0.717, 1.165) is 0 Å². The van der Waals surface area contributed by atoms with Gasteiger partial charge in [-0.15, -0.1) is 0 Å². The number of hydrogen-bond acceptors (Lipinski definition) is 7. The standard InChI is InChI=1S/C16H23N5O4/c1-9(2)14(24)20-15-18-10(3)12-13(19-15)21(8-17-12)11-4-5-16(6-22,7-23)25-11/h8-9,11,22-23H,3-7H2,1-2H3,(H2,18,19,20,24)/t11-/m1/s1. The molecule has 25 heavy (non-hydrogen) atoms. The van der Waals surface area contributed by atoms with Gasteiger partial charge in [-0.25, -0.2) is 4.98 Å². The molecule has 3 heterocycles. The van der Waals surface area contributed by atoms with Crippen molar-refractivity contribution in [3.8, 4) is 0 Å². The van der Waals surface area contributed by atoms with Gasteiger partial charge in [0.2, 0.25) is 11.9 Å². The summed E-state index contributed by atoms with van der Waals surface area (Å²) in [5, 5.41) is 24.6. The second-order valence-corrected chi connectivity index (χ2v) is 6.64. The largest absolute Gasteiger partial charge is 0.393 e. The molecular formula is C16H23N5O4. The number of nitrogens with one attached hydrogen (secondary N) is 2. The minimum absolute atomic E-state index is 0.162. The number of imidazole rings is 1. The van der Waals surface area contributed by atoms with Gasteiger partial charge >= 0.3 is 0 Å². The third kappa shape index (κ3) is 3.17. The van der Waals surface area contributed by atoms with E-state index in [9.17, 15) is 15.0 Å². The van der Waals surface area contributed by atoms with E-state index in [0.29, 0.717) is 30.1 Å². The first-order valence-electron chi connectivity index (χ1n) is 8.21. The van der Waals surface area contributed by atoms with Crippen LogP contribution >= 0.6 is 0 Å². The van der Waals surface area contributed by atoms with Crippen LogP contribution in [0.5, 0.6) is 0 Å². The maximum Gasteiger partial charge on any atom is 0.229 e. The maximum absolute atomic E-state index is 11.9. The van der Waals surface area contributed by atoms with Crippen LogP contribution in [0.2, 0.25) is 0 Å². The third-order valence-corrected chi connectivity index (χ3v) is 4.43. The Morgan fingerprint density at radius 1 is 1.56 bits per heavy atom. The van der Waals surface area contributed by atoms with E-state index in [1.807, 2.05) is 0 Å². The number of aliphatic hydroxyl groups is 2. The fourth-order valence-corrected chi connectivity index (χ4v) is 2.82. The second-order valence-electron chi connectivity index (χ2n) is 6.64. The number of guanidine groups is 1. The van der Waals surface area contributed by atoms with E-state index >= 15 is 0 Å². The normalized spacial score (nSPS) is 21.7. The predicted octanol–water partition coefficient (Wildman–Crippen LogP) is 0.249. The van der Waals surface area contributed by atoms with Crippen LogP contribution in [0.1, 0.15) is 38.6 Å². The molecule has 1 aromatic rings. The van der Waals surface area contributed by atoms with Crippen molar-refractivity contribution in [2.75, 3.05) is 13.2 Å². The fraction of sp³-hybridized carbons (Fsp3) is 0.562. The lowest BCUT2D eigenvalue weighted by atomic mass is 10.0. The number of amides is 1. The predicted molar refractivity (Wildman–Crippen MR) is 90.7 cm³/mol. The summed E-state index contributed by atoms with van der Waals surface area (Å²) in [6.07, 6.45) is 2.31. The Kier molecular flexibility index (Phi) is 4.63. The highest BCUT2D eigenvalue weighted by Gasteiger charge is 2.41. The zero-order valence-electron chi connectivity index (χ0n) is 14.3. The number of carbonyl (C=O) groups excluding carboxylic acids is 1. The van der Waals surface area contributed by atoms with Gasteiger partial charge in [0.05, 0.1) is 25.2 Å². The van der Waals surface area contributed by atoms with Gasteiger partial charge in [-0.2, -0.15) is 4.99 Å². The van der Waals surface area contributed by atoms with Gasteiger partial charge in [0.25, 0.3) is 0 Å². The molecule has 2 aliphatic rings. The molecule has 136 valence electrons. The first-order valence-corrected chi connectivity index (χ1v) is 8.21. The molecule has 0 aliphatic carbocycles. The van der Waals surface area contributed by atoms with E-state index in [2.05, 4.69) is 27.2 Å². The average Bonchev–Trinajstić information content (AvgIpc) is 3.19.